The van der Waals surface area contributed by atoms with Crippen LogP contribution in [0, 0.1) is 0 Å². The molecule has 6 nitrogen and oxygen atoms in total. The number of aliphatic carboxylic acids is 1. The van der Waals surface area contributed by atoms with E-state index in [1.54, 1.807) is 18.2 Å². The van der Waals surface area contributed by atoms with E-state index >= 15 is 0 Å². The van der Waals surface area contributed by atoms with Crippen LogP contribution in [0.15, 0.2) is 48.5 Å². The summed E-state index contributed by atoms with van der Waals surface area (Å²) >= 11 is 0. The summed E-state index contributed by atoms with van der Waals surface area (Å²) in [5.74, 6) is -0.164. The monoisotopic (exact) mass is 357 g/mol. The quantitative estimate of drug-likeness (QED) is 0.721. The van der Waals surface area contributed by atoms with Crippen molar-refractivity contribution in [2.24, 2.45) is 0 Å². The molecule has 1 amide bonds. The molecule has 2 N–H and O–H groups in total. The fourth-order valence-electron chi connectivity index (χ4n) is 2.67. The molecule has 0 fully saturated rings. The molecular weight excluding hydrogens is 334 g/mol. The van der Waals surface area contributed by atoms with Gasteiger partial charge in [0, 0.05) is 6.42 Å². The molecule has 26 heavy (non-hydrogen) atoms. The van der Waals surface area contributed by atoms with Gasteiger partial charge in [-0.25, -0.2) is 0 Å². The Bertz CT molecular complexity index is 745. The first-order chi connectivity index (χ1) is 12.5. The number of hydrogen-bond acceptors (Lipinski definition) is 4. The third-order valence-electron chi connectivity index (χ3n) is 4.01. The van der Waals surface area contributed by atoms with Crippen LogP contribution in [0.4, 0.5) is 0 Å². The average Bonchev–Trinajstić information content (AvgIpc) is 2.65. The van der Waals surface area contributed by atoms with Crippen molar-refractivity contribution in [3.05, 3.63) is 59.7 Å². The highest BCUT2D eigenvalue weighted by Crippen LogP contribution is 2.31. The Morgan fingerprint density at radius 3 is 2.35 bits per heavy atom. The van der Waals surface area contributed by atoms with Crippen LogP contribution in [0.5, 0.6) is 11.5 Å². The average molecular weight is 357 g/mol. The van der Waals surface area contributed by atoms with Gasteiger partial charge in [0.1, 0.15) is 0 Å². The first kappa shape index (κ1) is 19.3. The third-order valence-corrected chi connectivity index (χ3v) is 4.01. The summed E-state index contributed by atoms with van der Waals surface area (Å²) in [5.41, 5.74) is 1.71. The number of carboxylic acid groups (broad SMARTS) is 1. The first-order valence-corrected chi connectivity index (χ1v) is 8.30. The Labute approximate surface area is 152 Å². The zero-order chi connectivity index (χ0) is 18.9. The largest absolute Gasteiger partial charge is 0.493 e. The predicted octanol–water partition coefficient (Wildman–Crippen LogP) is 2.97. The molecule has 2 aromatic rings. The molecule has 2 rings (SSSR count). The highest BCUT2D eigenvalue weighted by molar-refractivity contribution is 5.78. The van der Waals surface area contributed by atoms with E-state index in [4.69, 9.17) is 9.47 Å². The van der Waals surface area contributed by atoms with Gasteiger partial charge in [-0.3, -0.25) is 9.59 Å². The van der Waals surface area contributed by atoms with E-state index in [1.807, 2.05) is 30.3 Å². The second kappa shape index (κ2) is 9.46. The van der Waals surface area contributed by atoms with E-state index in [0.29, 0.717) is 23.5 Å². The van der Waals surface area contributed by atoms with Gasteiger partial charge in [-0.1, -0.05) is 36.4 Å². The van der Waals surface area contributed by atoms with Crippen molar-refractivity contribution in [1.29, 1.82) is 0 Å². The number of nitrogens with one attached hydrogen (secondary N) is 1. The lowest BCUT2D eigenvalue weighted by Gasteiger charge is -2.19. The SMILES string of the molecule is COc1ccc(C(CC(=O)O)NC(=O)CCc2ccccc2)cc1OC. The fourth-order valence-corrected chi connectivity index (χ4v) is 2.67. The van der Waals surface area contributed by atoms with E-state index in [9.17, 15) is 14.7 Å². The van der Waals surface area contributed by atoms with Crippen LogP contribution in [0.2, 0.25) is 0 Å². The van der Waals surface area contributed by atoms with Crippen LogP contribution >= 0.6 is 0 Å². The van der Waals surface area contributed by atoms with E-state index in [1.165, 1.54) is 14.2 Å². The van der Waals surface area contributed by atoms with E-state index in [2.05, 4.69) is 5.32 Å². The van der Waals surface area contributed by atoms with Gasteiger partial charge in [0.2, 0.25) is 5.91 Å². The van der Waals surface area contributed by atoms with Crippen molar-refractivity contribution < 1.29 is 24.2 Å². The lowest BCUT2D eigenvalue weighted by atomic mass is 10.0. The molecule has 1 atom stereocenters. The molecule has 1 unspecified atom stereocenters. The Hall–Kier alpha value is -3.02. The Kier molecular flexibility index (Phi) is 7.02. The summed E-state index contributed by atoms with van der Waals surface area (Å²) in [6, 6.07) is 14.1. The summed E-state index contributed by atoms with van der Waals surface area (Å²) < 4.78 is 10.4. The number of carbonyl (C=O) groups excluding carboxylic acids is 1. The summed E-state index contributed by atoms with van der Waals surface area (Å²) in [6.07, 6.45) is 0.665. The number of ether oxygens (including phenoxy) is 2. The molecule has 0 aromatic heterocycles. The minimum atomic E-state index is -0.992. The minimum absolute atomic E-state index is 0.199. The molecule has 0 bridgehead atoms. The molecule has 0 spiro atoms. The Balaban J connectivity index is 2.09. The molecule has 0 heterocycles. The maximum atomic E-state index is 12.3. The number of hydrogen-bond donors (Lipinski definition) is 2. The molecule has 0 aliphatic carbocycles. The Morgan fingerprint density at radius 1 is 1.04 bits per heavy atom. The lowest BCUT2D eigenvalue weighted by Crippen LogP contribution is -2.30. The number of carboxylic acids is 1. The van der Waals surface area contributed by atoms with Crippen LogP contribution < -0.4 is 14.8 Å². The van der Waals surface area contributed by atoms with Crippen LogP contribution in [0.1, 0.15) is 30.0 Å². The second-order valence-corrected chi connectivity index (χ2v) is 5.82. The topological polar surface area (TPSA) is 84.9 Å². The summed E-state index contributed by atoms with van der Waals surface area (Å²) in [4.78, 5) is 23.5. The van der Waals surface area contributed by atoms with Crippen molar-refractivity contribution >= 4 is 11.9 Å². The zero-order valence-electron chi connectivity index (χ0n) is 14.9. The smallest absolute Gasteiger partial charge is 0.305 e. The van der Waals surface area contributed by atoms with Gasteiger partial charge in [-0.05, 0) is 29.7 Å². The second-order valence-electron chi connectivity index (χ2n) is 5.82. The number of amides is 1. The molecule has 0 radical (unpaired) electrons. The standard InChI is InChI=1S/C20H23NO5/c1-25-17-10-9-15(12-18(17)26-2)16(13-20(23)24)21-19(22)11-8-14-6-4-3-5-7-14/h3-7,9-10,12,16H,8,11,13H2,1-2H3,(H,21,22)(H,23,24). The summed E-state index contributed by atoms with van der Waals surface area (Å²) in [7, 11) is 3.03. The summed E-state index contributed by atoms with van der Waals surface area (Å²) in [5, 5.41) is 12.0. The summed E-state index contributed by atoms with van der Waals surface area (Å²) in [6.45, 7) is 0. The molecule has 0 saturated heterocycles. The maximum Gasteiger partial charge on any atom is 0.305 e. The fraction of sp³-hybridized carbons (Fsp3) is 0.300. The van der Waals surface area contributed by atoms with Crippen molar-refractivity contribution in [1.82, 2.24) is 5.32 Å². The van der Waals surface area contributed by atoms with Gasteiger partial charge < -0.3 is 19.9 Å². The number of aryl methyl sites for hydroxylation is 1. The number of rotatable bonds is 9. The number of benzene rings is 2. The van der Waals surface area contributed by atoms with Gasteiger partial charge in [0.05, 0.1) is 26.7 Å². The molecule has 0 aliphatic rings. The Morgan fingerprint density at radius 2 is 1.73 bits per heavy atom. The minimum Gasteiger partial charge on any atom is -0.493 e. The van der Waals surface area contributed by atoms with Crippen molar-refractivity contribution in [2.45, 2.75) is 25.3 Å². The highest BCUT2D eigenvalue weighted by Gasteiger charge is 2.20. The van der Waals surface area contributed by atoms with Gasteiger partial charge >= 0.3 is 5.97 Å². The van der Waals surface area contributed by atoms with Crippen LogP contribution in [0.3, 0.4) is 0 Å². The van der Waals surface area contributed by atoms with Gasteiger partial charge in [0.25, 0.3) is 0 Å². The van der Waals surface area contributed by atoms with E-state index in [0.717, 1.165) is 5.56 Å². The molecule has 0 aliphatic heterocycles. The van der Waals surface area contributed by atoms with Gasteiger partial charge in [-0.15, -0.1) is 0 Å². The predicted molar refractivity (Wildman–Crippen MR) is 97.4 cm³/mol. The first-order valence-electron chi connectivity index (χ1n) is 8.30. The molecule has 6 heteroatoms. The van der Waals surface area contributed by atoms with Gasteiger partial charge in [-0.2, -0.15) is 0 Å². The van der Waals surface area contributed by atoms with Crippen LogP contribution in [0.25, 0.3) is 0 Å². The third kappa shape index (κ3) is 5.51. The van der Waals surface area contributed by atoms with Crippen LogP contribution in [-0.4, -0.2) is 31.2 Å². The van der Waals surface area contributed by atoms with Crippen molar-refractivity contribution in [2.75, 3.05) is 14.2 Å². The number of carbonyl (C=O) groups is 2. The molecular formula is C20H23NO5. The lowest BCUT2D eigenvalue weighted by molar-refractivity contribution is -0.137. The number of methoxy groups -OCH3 is 2. The van der Waals surface area contributed by atoms with E-state index < -0.39 is 12.0 Å². The van der Waals surface area contributed by atoms with Crippen molar-refractivity contribution in [3.8, 4) is 11.5 Å². The maximum absolute atomic E-state index is 12.3. The molecule has 138 valence electrons. The van der Waals surface area contributed by atoms with Crippen LogP contribution in [-0.2, 0) is 16.0 Å². The van der Waals surface area contributed by atoms with E-state index in [-0.39, 0.29) is 18.7 Å². The molecule has 2 aromatic carbocycles. The zero-order valence-corrected chi connectivity index (χ0v) is 14.9. The normalized spacial score (nSPS) is 11.5. The van der Waals surface area contributed by atoms with Gasteiger partial charge in [0.15, 0.2) is 11.5 Å². The highest BCUT2D eigenvalue weighted by atomic mass is 16.5. The van der Waals surface area contributed by atoms with Crippen molar-refractivity contribution in [3.63, 3.8) is 0 Å². The molecule has 0 saturated carbocycles.